The van der Waals surface area contributed by atoms with Gasteiger partial charge in [0.1, 0.15) is 24.0 Å². The highest BCUT2D eigenvalue weighted by atomic mass is 35.5. The third-order valence-corrected chi connectivity index (χ3v) is 4.14. The predicted molar refractivity (Wildman–Crippen MR) is 94.4 cm³/mol. The molecule has 0 fully saturated rings. The van der Waals surface area contributed by atoms with Gasteiger partial charge in [0.25, 0.3) is 0 Å². The molecular formula is C16H18ClN3O4S. The molecule has 9 heteroatoms. The van der Waals surface area contributed by atoms with Crippen molar-refractivity contribution in [3.63, 3.8) is 0 Å². The zero-order valence-electron chi connectivity index (χ0n) is 13.4. The summed E-state index contributed by atoms with van der Waals surface area (Å²) in [5, 5.41) is 23.1. The van der Waals surface area contributed by atoms with Crippen molar-refractivity contribution in [2.24, 2.45) is 0 Å². The number of aliphatic hydroxyl groups excluding tert-OH is 2. The van der Waals surface area contributed by atoms with Gasteiger partial charge in [-0.15, -0.1) is 0 Å². The van der Waals surface area contributed by atoms with Crippen molar-refractivity contribution in [3.05, 3.63) is 52.8 Å². The fourth-order valence-corrected chi connectivity index (χ4v) is 2.56. The molecule has 25 heavy (non-hydrogen) atoms. The highest BCUT2D eigenvalue weighted by Crippen LogP contribution is 2.24. The third kappa shape index (κ3) is 5.86. The van der Waals surface area contributed by atoms with Crippen molar-refractivity contribution in [2.45, 2.75) is 24.0 Å². The average molecular weight is 384 g/mol. The first-order chi connectivity index (χ1) is 12.0. The Morgan fingerprint density at radius 3 is 2.72 bits per heavy atom. The van der Waals surface area contributed by atoms with Gasteiger partial charge in [0, 0.05) is 18.3 Å². The lowest BCUT2D eigenvalue weighted by Crippen LogP contribution is -2.36. The van der Waals surface area contributed by atoms with Crippen molar-refractivity contribution < 1.29 is 19.7 Å². The summed E-state index contributed by atoms with van der Waals surface area (Å²) in [7, 11) is 0. The van der Waals surface area contributed by atoms with Crippen LogP contribution in [0.1, 0.15) is 17.2 Å². The van der Waals surface area contributed by atoms with E-state index in [4.69, 9.17) is 16.3 Å². The highest BCUT2D eigenvalue weighted by Gasteiger charge is 2.23. The minimum absolute atomic E-state index is 0.0533. The number of benzene rings is 1. The van der Waals surface area contributed by atoms with Crippen molar-refractivity contribution in [1.29, 1.82) is 0 Å². The Morgan fingerprint density at radius 2 is 2.08 bits per heavy atom. The standard InChI is InChI=1S/C16H18ClN3O4S/c1-25-15-18-7-11(14(17)20-15)13(22)12(21)8-19-16(23)24-9-10-5-3-2-4-6-10/h2-7,12-13,21-22H,8-9H2,1H3,(H,19,23). The second-order valence-electron chi connectivity index (χ2n) is 5.06. The van der Waals surface area contributed by atoms with Gasteiger partial charge >= 0.3 is 6.09 Å². The maximum absolute atomic E-state index is 11.7. The third-order valence-electron chi connectivity index (χ3n) is 3.28. The Balaban J connectivity index is 1.82. The molecule has 0 aliphatic rings. The summed E-state index contributed by atoms with van der Waals surface area (Å²) in [5.74, 6) is 0. The van der Waals surface area contributed by atoms with Gasteiger partial charge in [0.2, 0.25) is 0 Å². The fourth-order valence-electron chi connectivity index (χ4n) is 1.93. The number of carbonyl (C=O) groups excluding carboxylic acids is 1. The molecule has 1 heterocycles. The first kappa shape index (κ1) is 19.5. The summed E-state index contributed by atoms with van der Waals surface area (Å²) >= 11 is 7.28. The van der Waals surface area contributed by atoms with Crippen LogP contribution in [0, 0.1) is 0 Å². The normalized spacial score (nSPS) is 13.1. The summed E-state index contributed by atoms with van der Waals surface area (Å²) in [4.78, 5) is 19.6. The molecule has 2 unspecified atom stereocenters. The average Bonchev–Trinajstić information content (AvgIpc) is 2.64. The molecule has 0 radical (unpaired) electrons. The van der Waals surface area contributed by atoms with E-state index >= 15 is 0 Å². The van der Waals surface area contributed by atoms with Gasteiger partial charge in [0.05, 0.1) is 0 Å². The number of thioether (sulfide) groups is 1. The number of hydrogen-bond acceptors (Lipinski definition) is 7. The van der Waals surface area contributed by atoms with Crippen LogP contribution in [0.15, 0.2) is 41.7 Å². The van der Waals surface area contributed by atoms with E-state index in [0.717, 1.165) is 5.56 Å². The Morgan fingerprint density at radius 1 is 1.36 bits per heavy atom. The molecule has 1 aromatic heterocycles. The second-order valence-corrected chi connectivity index (χ2v) is 6.19. The topological polar surface area (TPSA) is 105 Å². The minimum Gasteiger partial charge on any atom is -0.445 e. The molecule has 3 N–H and O–H groups in total. The Kier molecular flexibility index (Phi) is 7.45. The van der Waals surface area contributed by atoms with Crippen molar-refractivity contribution in [3.8, 4) is 0 Å². The van der Waals surface area contributed by atoms with Crippen LogP contribution in [0.4, 0.5) is 4.79 Å². The van der Waals surface area contributed by atoms with E-state index in [9.17, 15) is 15.0 Å². The number of nitrogens with zero attached hydrogens (tertiary/aromatic N) is 2. The fraction of sp³-hybridized carbons (Fsp3) is 0.312. The number of hydrogen-bond donors (Lipinski definition) is 3. The van der Waals surface area contributed by atoms with Crippen molar-refractivity contribution in [2.75, 3.05) is 12.8 Å². The molecule has 2 aromatic rings. The molecule has 0 spiro atoms. The molecule has 1 aromatic carbocycles. The van der Waals surface area contributed by atoms with Crippen LogP contribution in [0.25, 0.3) is 0 Å². The van der Waals surface area contributed by atoms with Crippen LogP contribution >= 0.6 is 23.4 Å². The zero-order chi connectivity index (χ0) is 18.2. The molecule has 1 amide bonds. The van der Waals surface area contributed by atoms with E-state index in [1.54, 1.807) is 6.26 Å². The summed E-state index contributed by atoms with van der Waals surface area (Å²) in [5.41, 5.74) is 1.03. The maximum Gasteiger partial charge on any atom is 0.407 e. The Hall–Kier alpha value is -1.87. The van der Waals surface area contributed by atoms with E-state index in [0.29, 0.717) is 5.16 Å². The van der Waals surface area contributed by atoms with Crippen molar-refractivity contribution >= 4 is 29.5 Å². The van der Waals surface area contributed by atoms with E-state index in [1.807, 2.05) is 30.3 Å². The molecule has 0 saturated carbocycles. The molecule has 0 aliphatic carbocycles. The lowest BCUT2D eigenvalue weighted by atomic mass is 10.1. The van der Waals surface area contributed by atoms with Crippen LogP contribution in [0.3, 0.4) is 0 Å². The van der Waals surface area contributed by atoms with Gasteiger partial charge in [-0.2, -0.15) is 0 Å². The minimum atomic E-state index is -1.34. The number of rotatable bonds is 7. The molecule has 7 nitrogen and oxygen atoms in total. The van der Waals surface area contributed by atoms with E-state index in [2.05, 4.69) is 15.3 Å². The van der Waals surface area contributed by atoms with Crippen LogP contribution in [-0.4, -0.2) is 45.2 Å². The first-order valence-corrected chi connectivity index (χ1v) is 8.98. The van der Waals surface area contributed by atoms with E-state index in [-0.39, 0.29) is 23.9 Å². The number of ether oxygens (including phenoxy) is 1. The summed E-state index contributed by atoms with van der Waals surface area (Å²) < 4.78 is 5.02. The number of amides is 1. The Bertz CT molecular complexity index is 705. The largest absolute Gasteiger partial charge is 0.445 e. The Labute approximate surface area is 154 Å². The lowest BCUT2D eigenvalue weighted by molar-refractivity contribution is 0.0180. The summed E-state index contributed by atoms with van der Waals surface area (Å²) in [6, 6.07) is 9.19. The first-order valence-electron chi connectivity index (χ1n) is 7.38. The smallest absolute Gasteiger partial charge is 0.407 e. The maximum atomic E-state index is 11.7. The van der Waals surface area contributed by atoms with Gasteiger partial charge in [-0.05, 0) is 11.8 Å². The zero-order valence-corrected chi connectivity index (χ0v) is 15.0. The summed E-state index contributed by atoms with van der Waals surface area (Å²) in [6.07, 6.45) is -0.178. The van der Waals surface area contributed by atoms with E-state index in [1.165, 1.54) is 18.0 Å². The molecular weight excluding hydrogens is 366 g/mol. The SMILES string of the molecule is CSc1ncc(C(O)C(O)CNC(=O)OCc2ccccc2)c(Cl)n1. The molecule has 0 aliphatic heterocycles. The number of carbonyl (C=O) groups is 1. The number of aromatic nitrogens is 2. The highest BCUT2D eigenvalue weighted by molar-refractivity contribution is 7.98. The number of aliphatic hydroxyl groups is 2. The quantitative estimate of drug-likeness (QED) is 0.382. The molecule has 0 bridgehead atoms. The van der Waals surface area contributed by atoms with Gasteiger partial charge in [0.15, 0.2) is 5.16 Å². The van der Waals surface area contributed by atoms with Crippen molar-refractivity contribution in [1.82, 2.24) is 15.3 Å². The molecule has 134 valence electrons. The second kappa shape index (κ2) is 9.57. The number of halogens is 1. The number of alkyl carbamates (subject to hydrolysis) is 1. The summed E-state index contributed by atoms with van der Waals surface area (Å²) in [6.45, 7) is -0.101. The molecule has 2 rings (SSSR count). The van der Waals surface area contributed by atoms with Crippen LogP contribution in [0.5, 0.6) is 0 Å². The van der Waals surface area contributed by atoms with Crippen LogP contribution in [0.2, 0.25) is 5.15 Å². The van der Waals surface area contributed by atoms with Gasteiger partial charge in [-0.25, -0.2) is 14.8 Å². The van der Waals surface area contributed by atoms with Gasteiger partial charge in [-0.1, -0.05) is 53.7 Å². The van der Waals surface area contributed by atoms with E-state index < -0.39 is 18.3 Å². The molecule has 0 saturated heterocycles. The van der Waals surface area contributed by atoms with Gasteiger partial charge < -0.3 is 20.3 Å². The predicted octanol–water partition coefficient (Wildman–Crippen LogP) is 2.17. The van der Waals surface area contributed by atoms with Gasteiger partial charge in [-0.3, -0.25) is 0 Å². The van der Waals surface area contributed by atoms with Crippen LogP contribution < -0.4 is 5.32 Å². The molecule has 2 atom stereocenters. The lowest BCUT2D eigenvalue weighted by Gasteiger charge is -2.19. The monoisotopic (exact) mass is 383 g/mol. The van der Waals surface area contributed by atoms with Crippen LogP contribution in [-0.2, 0) is 11.3 Å². The number of nitrogens with one attached hydrogen (secondary N) is 1.